The van der Waals surface area contributed by atoms with Crippen LogP contribution in [0.3, 0.4) is 0 Å². The summed E-state index contributed by atoms with van der Waals surface area (Å²) in [6.45, 7) is 8.31. The van der Waals surface area contributed by atoms with Crippen LogP contribution in [0.15, 0.2) is 55.0 Å². The number of fused-ring (bicyclic) bond motifs is 2. The normalized spacial score (nSPS) is 21.6. The van der Waals surface area contributed by atoms with Crippen LogP contribution in [0, 0.1) is 17.2 Å². The highest BCUT2D eigenvalue weighted by Crippen LogP contribution is 2.40. The molecule has 0 radical (unpaired) electrons. The molecule has 1 aliphatic carbocycles. The largest absolute Gasteiger partial charge is 0.381 e. The number of rotatable bonds is 8. The maximum Gasteiger partial charge on any atom is 0.251 e. The summed E-state index contributed by atoms with van der Waals surface area (Å²) in [5.41, 5.74) is 3.44. The number of carbonyl (C=O) groups is 1. The smallest absolute Gasteiger partial charge is 0.251 e. The third-order valence-corrected chi connectivity index (χ3v) is 10.8. The van der Waals surface area contributed by atoms with Crippen molar-refractivity contribution in [2.75, 3.05) is 32.8 Å². The molecule has 10 heteroatoms. The second kappa shape index (κ2) is 13.0. The molecule has 0 bridgehead atoms. The van der Waals surface area contributed by atoms with Gasteiger partial charge < -0.3 is 15.0 Å². The maximum absolute atomic E-state index is 15.6. The number of hydrogen-bond donors (Lipinski definition) is 1. The lowest BCUT2D eigenvalue weighted by atomic mass is 9.77. The molecule has 7 rings (SSSR count). The molecule has 8 nitrogen and oxygen atoms in total. The van der Waals surface area contributed by atoms with Crippen LogP contribution in [0.2, 0.25) is 0 Å². The van der Waals surface area contributed by atoms with Crippen molar-refractivity contribution in [3.05, 3.63) is 83.2 Å². The van der Waals surface area contributed by atoms with E-state index in [1.165, 1.54) is 6.07 Å². The molecule has 3 aliphatic rings. The van der Waals surface area contributed by atoms with Gasteiger partial charge in [-0.2, -0.15) is 10.2 Å². The molecule has 1 spiro atoms. The number of halogens is 2. The number of ether oxygens (including phenoxy) is 1. The molecule has 2 aliphatic heterocycles. The van der Waals surface area contributed by atoms with Crippen molar-refractivity contribution >= 4 is 16.8 Å². The third-order valence-electron chi connectivity index (χ3n) is 10.8. The van der Waals surface area contributed by atoms with Gasteiger partial charge in [0.1, 0.15) is 17.0 Å². The van der Waals surface area contributed by atoms with Crippen LogP contribution >= 0.6 is 0 Å². The van der Waals surface area contributed by atoms with Crippen molar-refractivity contribution in [2.24, 2.45) is 11.3 Å². The molecule has 2 saturated heterocycles. The Hall–Kier alpha value is -3.89. The van der Waals surface area contributed by atoms with Gasteiger partial charge in [0.05, 0.1) is 30.7 Å². The number of nitrogens with zero attached hydrogens (tertiary/aromatic N) is 5. The van der Waals surface area contributed by atoms with Crippen LogP contribution in [0.4, 0.5) is 8.78 Å². The number of likely N-dealkylation sites (tertiary alicyclic amines) is 1. The number of alkyl halides is 1. The summed E-state index contributed by atoms with van der Waals surface area (Å²) in [7, 11) is 0. The molecule has 2 atom stereocenters. The van der Waals surface area contributed by atoms with Gasteiger partial charge in [0, 0.05) is 48.0 Å². The van der Waals surface area contributed by atoms with E-state index in [0.29, 0.717) is 30.1 Å². The zero-order valence-corrected chi connectivity index (χ0v) is 27.1. The molecule has 2 fully saturated rings. The van der Waals surface area contributed by atoms with Gasteiger partial charge in [-0.25, -0.2) is 13.8 Å². The van der Waals surface area contributed by atoms with Gasteiger partial charge in [-0.15, -0.1) is 0 Å². The number of aryl methyl sites for hydroxylation is 1. The van der Waals surface area contributed by atoms with Crippen LogP contribution < -0.4 is 5.32 Å². The Morgan fingerprint density at radius 1 is 1.06 bits per heavy atom. The van der Waals surface area contributed by atoms with Gasteiger partial charge in [-0.1, -0.05) is 19.9 Å². The van der Waals surface area contributed by atoms with Gasteiger partial charge in [0.25, 0.3) is 5.91 Å². The molecule has 0 unspecified atom stereocenters. The first kappa shape index (κ1) is 31.7. The van der Waals surface area contributed by atoms with Crippen molar-refractivity contribution in [3.63, 3.8) is 0 Å². The van der Waals surface area contributed by atoms with Gasteiger partial charge >= 0.3 is 0 Å². The molecule has 4 aromatic rings. The fourth-order valence-electron chi connectivity index (χ4n) is 7.45. The van der Waals surface area contributed by atoms with E-state index in [9.17, 15) is 4.79 Å². The number of nitrogens with one attached hydrogen (secondary N) is 1. The minimum Gasteiger partial charge on any atom is -0.381 e. The number of piperidine rings is 1. The first-order valence-corrected chi connectivity index (χ1v) is 16.9. The van der Waals surface area contributed by atoms with Crippen molar-refractivity contribution in [1.82, 2.24) is 30.4 Å². The zero-order chi connectivity index (χ0) is 32.6. The Kier molecular flexibility index (Phi) is 8.74. The number of carbonyl (C=O) groups excluding carboxylic acids is 1. The Morgan fingerprint density at radius 3 is 2.62 bits per heavy atom. The summed E-state index contributed by atoms with van der Waals surface area (Å²) in [6, 6.07) is 10.2. The van der Waals surface area contributed by atoms with Crippen molar-refractivity contribution in [3.8, 4) is 11.3 Å². The topological polar surface area (TPSA) is 93.1 Å². The number of benzene rings is 1. The van der Waals surface area contributed by atoms with Crippen LogP contribution in [0.25, 0.3) is 22.2 Å². The summed E-state index contributed by atoms with van der Waals surface area (Å²) in [5, 5.41) is 11.5. The Bertz CT molecular complexity index is 1740. The highest BCUT2D eigenvalue weighted by molar-refractivity contribution is 5.98. The second-order valence-electron chi connectivity index (χ2n) is 14.1. The zero-order valence-electron chi connectivity index (χ0n) is 27.1. The molecule has 47 heavy (non-hydrogen) atoms. The van der Waals surface area contributed by atoms with Crippen LogP contribution in [0.5, 0.6) is 0 Å². The van der Waals surface area contributed by atoms with E-state index in [-0.39, 0.29) is 35.4 Å². The molecule has 1 N–H and O–H groups in total. The van der Waals surface area contributed by atoms with Gasteiger partial charge in [-0.3, -0.25) is 9.78 Å². The summed E-state index contributed by atoms with van der Waals surface area (Å²) >= 11 is 0. The molecular weight excluding hydrogens is 598 g/mol. The van der Waals surface area contributed by atoms with E-state index in [1.54, 1.807) is 24.7 Å². The van der Waals surface area contributed by atoms with E-state index in [4.69, 9.17) is 4.74 Å². The number of aromatic nitrogens is 4. The van der Waals surface area contributed by atoms with Gasteiger partial charge in [-0.05, 0) is 104 Å². The molecular formula is C37H42F2N6O2. The Balaban J connectivity index is 1.12. The van der Waals surface area contributed by atoms with Crippen LogP contribution in [-0.4, -0.2) is 69.5 Å². The first-order valence-electron chi connectivity index (χ1n) is 16.9. The van der Waals surface area contributed by atoms with E-state index in [2.05, 4.69) is 30.4 Å². The minimum absolute atomic E-state index is 0.134. The summed E-state index contributed by atoms with van der Waals surface area (Å²) in [4.78, 5) is 25.5. The lowest BCUT2D eigenvalue weighted by Crippen LogP contribution is -2.41. The van der Waals surface area contributed by atoms with Crippen molar-refractivity contribution in [2.45, 2.75) is 70.5 Å². The summed E-state index contributed by atoms with van der Waals surface area (Å²) in [5.74, 6) is -1.06. The van der Waals surface area contributed by atoms with E-state index >= 15 is 8.78 Å². The summed E-state index contributed by atoms with van der Waals surface area (Å²) < 4.78 is 36.8. The average Bonchev–Trinajstić information content (AvgIpc) is 3.54. The monoisotopic (exact) mass is 640 g/mol. The van der Waals surface area contributed by atoms with E-state index < -0.39 is 11.5 Å². The lowest BCUT2D eigenvalue weighted by Gasteiger charge is -2.38. The van der Waals surface area contributed by atoms with Crippen molar-refractivity contribution in [1.29, 1.82) is 0 Å². The van der Waals surface area contributed by atoms with Gasteiger partial charge in [0.2, 0.25) is 0 Å². The number of hydrogen-bond acceptors (Lipinski definition) is 7. The van der Waals surface area contributed by atoms with E-state index in [1.807, 2.05) is 38.1 Å². The quantitative estimate of drug-likeness (QED) is 0.237. The highest BCUT2D eigenvalue weighted by Gasteiger charge is 2.39. The molecule has 3 aromatic heterocycles. The molecule has 1 amide bonds. The van der Waals surface area contributed by atoms with E-state index in [0.717, 1.165) is 80.2 Å². The van der Waals surface area contributed by atoms with Crippen LogP contribution in [-0.2, 0) is 17.6 Å². The van der Waals surface area contributed by atoms with Gasteiger partial charge in [0.15, 0.2) is 0 Å². The Labute approximate surface area is 274 Å². The molecule has 1 aromatic carbocycles. The highest BCUT2D eigenvalue weighted by atomic mass is 19.1. The summed E-state index contributed by atoms with van der Waals surface area (Å²) in [6.07, 6.45) is 10.2. The Morgan fingerprint density at radius 2 is 1.91 bits per heavy atom. The fourth-order valence-corrected chi connectivity index (χ4v) is 7.45. The third kappa shape index (κ3) is 6.63. The molecule has 246 valence electrons. The number of amides is 1. The number of pyridine rings is 2. The van der Waals surface area contributed by atoms with Crippen molar-refractivity contribution < 1.29 is 18.3 Å². The predicted molar refractivity (Wildman–Crippen MR) is 176 cm³/mol. The standard InChI is InChI=1S/C37H42F2N6O2/c1-24(2)37(39)8-5-32-29(20-37)18-27-17-28(19-30(38)34(27)43-32)35(46)44-33(7-13-45-14-9-36(10-15-45)11-16-47-23-36)25-3-4-31(40-21-25)26-6-12-41-42-22-26/h3-4,6,12,17-19,21-22,24,33H,5,7-11,13-16,20,23H2,1-2H3,(H,44,46)/t33-,37+/m1/s1. The minimum atomic E-state index is -1.32. The molecule has 0 saturated carbocycles. The average molecular weight is 641 g/mol. The molecule has 5 heterocycles. The maximum atomic E-state index is 15.6. The second-order valence-corrected chi connectivity index (χ2v) is 14.1. The fraction of sp³-hybridized carbons (Fsp3) is 0.486. The van der Waals surface area contributed by atoms with Crippen LogP contribution in [0.1, 0.15) is 79.2 Å². The predicted octanol–water partition coefficient (Wildman–Crippen LogP) is 6.44. The lowest BCUT2D eigenvalue weighted by molar-refractivity contribution is 0.0775. The SMILES string of the molecule is CC(C)[C@]1(F)CCc2nc3c(F)cc(C(=O)N[C@H](CCN4CCC5(CCOC5)CC4)c4ccc(-c5ccnnc5)nc4)cc3cc2C1. The first-order chi connectivity index (χ1) is 22.7.